The largest absolute Gasteiger partial charge is 0.356 e. The van der Waals surface area contributed by atoms with Crippen LogP contribution in [0.3, 0.4) is 0 Å². The minimum Gasteiger partial charge on any atom is -0.356 e. The number of hydrogen-bond donors (Lipinski definition) is 2. The average Bonchev–Trinajstić information content (AvgIpc) is 2.64. The zero-order valence-electron chi connectivity index (χ0n) is 16.5. The first-order valence-corrected chi connectivity index (χ1v) is 10.8. The normalized spacial score (nSPS) is 16.2. The van der Waals surface area contributed by atoms with Crippen LogP contribution < -0.4 is 10.6 Å². The van der Waals surface area contributed by atoms with E-state index in [4.69, 9.17) is 0 Å². The van der Waals surface area contributed by atoms with E-state index in [1.165, 1.54) is 42.6 Å². The second-order valence-electron chi connectivity index (χ2n) is 6.82. The number of piperidine rings is 1. The summed E-state index contributed by atoms with van der Waals surface area (Å²) >= 11 is 1.92. The molecule has 2 rings (SSSR count). The molecule has 1 aromatic carbocycles. The van der Waals surface area contributed by atoms with Crippen molar-refractivity contribution in [3.05, 3.63) is 35.4 Å². The third kappa shape index (κ3) is 8.48. The Morgan fingerprint density at radius 3 is 2.62 bits per heavy atom. The lowest BCUT2D eigenvalue weighted by Crippen LogP contribution is -2.48. The number of aryl methyl sites for hydroxylation is 1. The van der Waals surface area contributed by atoms with Gasteiger partial charge in [-0.2, -0.15) is 11.8 Å². The summed E-state index contributed by atoms with van der Waals surface area (Å²) < 4.78 is 0. The van der Waals surface area contributed by atoms with E-state index in [0.717, 1.165) is 32.1 Å². The molecule has 2 N–H and O–H groups in total. The van der Waals surface area contributed by atoms with Gasteiger partial charge in [-0.1, -0.05) is 24.3 Å². The molecule has 1 saturated heterocycles. The Balaban J connectivity index is 0.00000338. The molecule has 1 fully saturated rings. The maximum absolute atomic E-state index is 4.37. The van der Waals surface area contributed by atoms with E-state index >= 15 is 0 Å². The standard InChI is InChI=1S/C20H34N4S.HI/c1-17-8-4-5-9-18(17)16-24-13-10-19(11-14-24)23-20(21-2)22-12-6-7-15-25-3;/h4-5,8-9,19H,6-7,10-16H2,1-3H3,(H2,21,22,23);1H. The molecule has 0 spiro atoms. The van der Waals surface area contributed by atoms with E-state index in [1.54, 1.807) is 0 Å². The van der Waals surface area contributed by atoms with Gasteiger partial charge in [0.25, 0.3) is 0 Å². The molecule has 4 nitrogen and oxygen atoms in total. The molecule has 1 aliphatic heterocycles. The molecule has 0 aromatic heterocycles. The lowest BCUT2D eigenvalue weighted by molar-refractivity contribution is 0.198. The topological polar surface area (TPSA) is 39.7 Å². The van der Waals surface area contributed by atoms with Crippen molar-refractivity contribution >= 4 is 41.7 Å². The lowest BCUT2D eigenvalue weighted by Gasteiger charge is -2.33. The van der Waals surface area contributed by atoms with Crippen molar-refractivity contribution in [1.29, 1.82) is 0 Å². The minimum absolute atomic E-state index is 0. The zero-order valence-corrected chi connectivity index (χ0v) is 19.6. The second-order valence-corrected chi connectivity index (χ2v) is 7.81. The van der Waals surface area contributed by atoms with Crippen LogP contribution in [0.15, 0.2) is 29.3 Å². The maximum atomic E-state index is 4.37. The van der Waals surface area contributed by atoms with Gasteiger partial charge in [0.2, 0.25) is 0 Å². The molecular weight excluding hydrogens is 455 g/mol. The molecular formula is C20H35IN4S. The fourth-order valence-corrected chi connectivity index (χ4v) is 3.72. The zero-order chi connectivity index (χ0) is 17.9. The summed E-state index contributed by atoms with van der Waals surface area (Å²) in [5.74, 6) is 2.20. The summed E-state index contributed by atoms with van der Waals surface area (Å²) in [6.07, 6.45) is 7.00. The predicted molar refractivity (Wildman–Crippen MR) is 127 cm³/mol. The number of guanidine groups is 1. The smallest absolute Gasteiger partial charge is 0.191 e. The highest BCUT2D eigenvalue weighted by Crippen LogP contribution is 2.16. The number of hydrogen-bond acceptors (Lipinski definition) is 3. The summed E-state index contributed by atoms with van der Waals surface area (Å²) in [6, 6.07) is 9.26. The number of unbranched alkanes of at least 4 members (excludes halogenated alkanes) is 1. The molecule has 0 saturated carbocycles. The average molecular weight is 490 g/mol. The Labute approximate surface area is 181 Å². The number of rotatable bonds is 8. The Hall–Kier alpha value is -0.470. The van der Waals surface area contributed by atoms with Crippen LogP contribution in [-0.4, -0.2) is 55.6 Å². The molecule has 1 aromatic rings. The van der Waals surface area contributed by atoms with Gasteiger partial charge in [-0.05, 0) is 55.7 Å². The quantitative estimate of drug-likeness (QED) is 0.251. The first-order valence-electron chi connectivity index (χ1n) is 9.46. The fourth-order valence-electron chi connectivity index (χ4n) is 3.23. The van der Waals surface area contributed by atoms with Crippen LogP contribution in [0.5, 0.6) is 0 Å². The minimum atomic E-state index is 0. The van der Waals surface area contributed by atoms with E-state index in [1.807, 2.05) is 18.8 Å². The molecule has 6 heteroatoms. The Bertz CT molecular complexity index is 530. The highest BCUT2D eigenvalue weighted by molar-refractivity contribution is 14.0. The van der Waals surface area contributed by atoms with Crippen molar-refractivity contribution in [3.63, 3.8) is 0 Å². The Kier molecular flexibility index (Phi) is 12.4. The molecule has 1 heterocycles. The fraction of sp³-hybridized carbons (Fsp3) is 0.650. The van der Waals surface area contributed by atoms with Gasteiger partial charge in [0.05, 0.1) is 0 Å². The summed E-state index contributed by atoms with van der Waals surface area (Å²) in [5, 5.41) is 7.05. The van der Waals surface area contributed by atoms with Gasteiger partial charge in [0, 0.05) is 39.3 Å². The molecule has 0 atom stereocenters. The van der Waals surface area contributed by atoms with Gasteiger partial charge in [0.1, 0.15) is 0 Å². The van der Waals surface area contributed by atoms with Crippen LogP contribution >= 0.6 is 35.7 Å². The third-order valence-corrected chi connectivity index (χ3v) is 5.57. The molecule has 26 heavy (non-hydrogen) atoms. The Morgan fingerprint density at radius 1 is 1.23 bits per heavy atom. The summed E-state index contributed by atoms with van der Waals surface area (Å²) in [5.41, 5.74) is 2.85. The first kappa shape index (κ1) is 23.6. The molecule has 0 aliphatic carbocycles. The molecule has 0 radical (unpaired) electrons. The summed E-state index contributed by atoms with van der Waals surface area (Å²) in [7, 11) is 1.87. The van der Waals surface area contributed by atoms with E-state index < -0.39 is 0 Å². The van der Waals surface area contributed by atoms with Crippen molar-refractivity contribution < 1.29 is 0 Å². The van der Waals surface area contributed by atoms with E-state index in [-0.39, 0.29) is 24.0 Å². The molecule has 1 aliphatic rings. The van der Waals surface area contributed by atoms with Crippen LogP contribution in [0.2, 0.25) is 0 Å². The molecule has 0 bridgehead atoms. The number of halogens is 1. The summed E-state index contributed by atoms with van der Waals surface area (Å²) in [4.78, 5) is 6.94. The molecule has 148 valence electrons. The van der Waals surface area contributed by atoms with Crippen molar-refractivity contribution in [1.82, 2.24) is 15.5 Å². The van der Waals surface area contributed by atoms with Crippen LogP contribution in [0.1, 0.15) is 36.8 Å². The van der Waals surface area contributed by atoms with Crippen LogP contribution in [-0.2, 0) is 6.54 Å². The number of aliphatic imine (C=N–C) groups is 1. The van der Waals surface area contributed by atoms with Gasteiger partial charge >= 0.3 is 0 Å². The van der Waals surface area contributed by atoms with Gasteiger partial charge in [-0.3, -0.25) is 9.89 Å². The van der Waals surface area contributed by atoms with Crippen molar-refractivity contribution in [3.8, 4) is 0 Å². The van der Waals surface area contributed by atoms with Crippen molar-refractivity contribution in [2.24, 2.45) is 4.99 Å². The number of benzene rings is 1. The number of thioether (sulfide) groups is 1. The maximum Gasteiger partial charge on any atom is 0.191 e. The van der Waals surface area contributed by atoms with Gasteiger partial charge < -0.3 is 10.6 Å². The van der Waals surface area contributed by atoms with E-state index in [0.29, 0.717) is 6.04 Å². The van der Waals surface area contributed by atoms with Gasteiger partial charge in [-0.15, -0.1) is 24.0 Å². The summed E-state index contributed by atoms with van der Waals surface area (Å²) in [6.45, 7) is 6.58. The van der Waals surface area contributed by atoms with Crippen LogP contribution in [0, 0.1) is 6.92 Å². The highest BCUT2D eigenvalue weighted by atomic mass is 127. The second kappa shape index (κ2) is 13.7. The molecule has 0 unspecified atom stereocenters. The Morgan fingerprint density at radius 2 is 1.96 bits per heavy atom. The van der Waals surface area contributed by atoms with Gasteiger partial charge in [0.15, 0.2) is 5.96 Å². The highest BCUT2D eigenvalue weighted by Gasteiger charge is 2.20. The molecule has 0 amide bonds. The van der Waals surface area contributed by atoms with E-state index in [9.17, 15) is 0 Å². The number of nitrogens with zero attached hydrogens (tertiary/aromatic N) is 2. The van der Waals surface area contributed by atoms with Crippen LogP contribution in [0.4, 0.5) is 0 Å². The van der Waals surface area contributed by atoms with Crippen molar-refractivity contribution in [2.75, 3.05) is 38.7 Å². The number of nitrogens with one attached hydrogen (secondary N) is 2. The van der Waals surface area contributed by atoms with E-state index in [2.05, 4.69) is 58.0 Å². The SMILES string of the molecule is CN=C(NCCCCSC)NC1CCN(Cc2ccccc2C)CC1.I. The first-order chi connectivity index (χ1) is 12.2. The number of likely N-dealkylation sites (tertiary alicyclic amines) is 1. The third-order valence-electron chi connectivity index (χ3n) is 4.87. The monoisotopic (exact) mass is 490 g/mol. The van der Waals surface area contributed by atoms with Gasteiger partial charge in [-0.25, -0.2) is 0 Å². The van der Waals surface area contributed by atoms with Crippen LogP contribution in [0.25, 0.3) is 0 Å². The lowest BCUT2D eigenvalue weighted by atomic mass is 10.0. The predicted octanol–water partition coefficient (Wildman–Crippen LogP) is 3.89. The van der Waals surface area contributed by atoms with Crippen molar-refractivity contribution in [2.45, 2.75) is 45.2 Å².